The first-order chi connectivity index (χ1) is 17.9. The summed E-state index contributed by atoms with van der Waals surface area (Å²) in [6.45, 7) is 8.77. The monoisotopic (exact) mass is 525 g/mol. The van der Waals surface area contributed by atoms with Crippen molar-refractivity contribution >= 4 is 23.2 Å². The molecule has 1 atom stereocenters. The Hall–Kier alpha value is -3.03. The van der Waals surface area contributed by atoms with E-state index in [1.165, 1.54) is 11.6 Å². The highest BCUT2D eigenvalue weighted by molar-refractivity contribution is 7.07. The van der Waals surface area contributed by atoms with Crippen molar-refractivity contribution < 1.29 is 9.18 Å². The SMILES string of the molecule is Cc1cc(F)nc(C)c1C(=O)NCC[C@@H](C)N1CCC(N(Cc2ccsc2)/C(=N/C#N)NC2CC2)CC1. The van der Waals surface area contributed by atoms with Gasteiger partial charge in [-0.1, -0.05) is 0 Å². The highest BCUT2D eigenvalue weighted by Crippen LogP contribution is 2.25. The van der Waals surface area contributed by atoms with Crippen LogP contribution in [0.15, 0.2) is 27.9 Å². The molecule has 2 N–H and O–H groups in total. The van der Waals surface area contributed by atoms with Crippen molar-refractivity contribution in [2.24, 2.45) is 4.99 Å². The number of carbonyl (C=O) groups is 1. The molecule has 1 amide bonds. The van der Waals surface area contributed by atoms with Crippen LogP contribution in [0.3, 0.4) is 0 Å². The molecule has 0 spiro atoms. The molecule has 0 aromatic carbocycles. The Bertz CT molecular complexity index is 1110. The zero-order valence-electron chi connectivity index (χ0n) is 21.8. The van der Waals surface area contributed by atoms with Crippen LogP contribution in [0, 0.1) is 31.3 Å². The van der Waals surface area contributed by atoms with E-state index in [0.29, 0.717) is 47.5 Å². The molecule has 1 saturated carbocycles. The van der Waals surface area contributed by atoms with Crippen LogP contribution in [0.4, 0.5) is 4.39 Å². The van der Waals surface area contributed by atoms with Crippen molar-refractivity contribution in [1.29, 1.82) is 5.26 Å². The number of aromatic nitrogens is 1. The molecule has 1 aliphatic heterocycles. The van der Waals surface area contributed by atoms with E-state index in [-0.39, 0.29) is 5.91 Å². The second kappa shape index (κ2) is 12.5. The normalized spacial score (nSPS) is 17.8. The first-order valence-electron chi connectivity index (χ1n) is 13.0. The molecule has 3 heterocycles. The van der Waals surface area contributed by atoms with Gasteiger partial charge in [-0.05, 0) is 86.9 Å². The summed E-state index contributed by atoms with van der Waals surface area (Å²) in [4.78, 5) is 25.4. The maximum atomic E-state index is 13.5. The number of nitriles is 1. The van der Waals surface area contributed by atoms with Gasteiger partial charge in [0.1, 0.15) is 0 Å². The molecule has 0 radical (unpaired) electrons. The molecule has 2 aliphatic rings. The molecule has 10 heteroatoms. The van der Waals surface area contributed by atoms with E-state index in [1.807, 2.05) is 6.19 Å². The predicted molar refractivity (Wildman–Crippen MR) is 144 cm³/mol. The topological polar surface area (TPSA) is 96.7 Å². The summed E-state index contributed by atoms with van der Waals surface area (Å²) in [5.41, 5.74) is 2.70. The number of aryl methyl sites for hydroxylation is 2. The highest BCUT2D eigenvalue weighted by atomic mass is 32.1. The van der Waals surface area contributed by atoms with Crippen molar-refractivity contribution in [1.82, 2.24) is 25.4 Å². The molecule has 2 aromatic heterocycles. The lowest BCUT2D eigenvalue weighted by Crippen LogP contribution is -2.52. The van der Waals surface area contributed by atoms with E-state index in [2.05, 4.69) is 54.2 Å². The van der Waals surface area contributed by atoms with Crippen LogP contribution in [-0.4, -0.2) is 64.4 Å². The molecule has 37 heavy (non-hydrogen) atoms. The van der Waals surface area contributed by atoms with Crippen molar-refractivity contribution in [3.63, 3.8) is 0 Å². The Morgan fingerprint density at radius 3 is 2.73 bits per heavy atom. The minimum Gasteiger partial charge on any atom is -0.353 e. The van der Waals surface area contributed by atoms with Crippen molar-refractivity contribution in [3.8, 4) is 6.19 Å². The lowest BCUT2D eigenvalue weighted by molar-refractivity contribution is 0.0933. The van der Waals surface area contributed by atoms with E-state index >= 15 is 0 Å². The number of rotatable bonds is 9. The maximum Gasteiger partial charge on any atom is 0.253 e. The molecule has 198 valence electrons. The molecule has 0 unspecified atom stereocenters. The number of nitrogens with zero attached hydrogens (tertiary/aromatic N) is 5. The van der Waals surface area contributed by atoms with Gasteiger partial charge in [-0.2, -0.15) is 21.0 Å². The van der Waals surface area contributed by atoms with E-state index in [4.69, 9.17) is 0 Å². The fourth-order valence-corrected chi connectivity index (χ4v) is 5.68. The summed E-state index contributed by atoms with van der Waals surface area (Å²) in [6.07, 6.45) is 7.04. The van der Waals surface area contributed by atoms with Crippen LogP contribution in [0.2, 0.25) is 0 Å². The van der Waals surface area contributed by atoms with E-state index in [1.54, 1.807) is 25.2 Å². The number of amides is 1. The number of hydrogen-bond acceptors (Lipinski definition) is 6. The smallest absolute Gasteiger partial charge is 0.253 e. The molecule has 0 bridgehead atoms. The fraction of sp³-hybridized carbons (Fsp3) is 0.556. The second-order valence-corrected chi connectivity index (χ2v) is 10.9. The summed E-state index contributed by atoms with van der Waals surface area (Å²) in [5, 5.41) is 20.0. The lowest BCUT2D eigenvalue weighted by atomic mass is 10.0. The number of piperidine rings is 1. The third kappa shape index (κ3) is 7.27. The third-order valence-electron chi connectivity index (χ3n) is 7.28. The molecule has 1 saturated heterocycles. The number of thiophene rings is 1. The van der Waals surface area contributed by atoms with Gasteiger partial charge < -0.3 is 20.4 Å². The number of aliphatic imine (C=N–C) groups is 1. The summed E-state index contributed by atoms with van der Waals surface area (Å²) < 4.78 is 13.5. The first kappa shape index (κ1) is 27.0. The number of nitrogens with one attached hydrogen (secondary N) is 2. The fourth-order valence-electron chi connectivity index (χ4n) is 5.03. The van der Waals surface area contributed by atoms with Gasteiger partial charge in [0.2, 0.25) is 18.1 Å². The summed E-state index contributed by atoms with van der Waals surface area (Å²) >= 11 is 1.68. The molecule has 2 aromatic rings. The van der Waals surface area contributed by atoms with Gasteiger partial charge in [0.25, 0.3) is 5.91 Å². The second-order valence-electron chi connectivity index (χ2n) is 10.1. The van der Waals surface area contributed by atoms with Gasteiger partial charge in [-0.25, -0.2) is 4.98 Å². The molecule has 1 aliphatic carbocycles. The number of hydrogen-bond donors (Lipinski definition) is 2. The molecular formula is C27H36FN7OS. The Labute approximate surface area is 222 Å². The van der Waals surface area contributed by atoms with E-state index < -0.39 is 5.95 Å². The summed E-state index contributed by atoms with van der Waals surface area (Å²) in [7, 11) is 0. The predicted octanol–water partition coefficient (Wildman–Crippen LogP) is 3.96. The average molecular weight is 526 g/mol. The standard InChI is InChI=1S/C27H36FN7OS/c1-18-14-24(28)32-20(3)25(18)26(36)30-10-6-19(2)34-11-7-23(8-12-34)35(15-21-9-13-37-16-21)27(31-17-29)33-22-4-5-22/h9,13-14,16,19,22-23H,4-8,10-12,15H2,1-3H3,(H,30,36)(H,31,33)/t19-/m1/s1. The zero-order valence-corrected chi connectivity index (χ0v) is 22.7. The van der Waals surface area contributed by atoms with Crippen molar-refractivity contribution in [2.75, 3.05) is 19.6 Å². The summed E-state index contributed by atoms with van der Waals surface area (Å²) in [5.74, 6) is -0.0666. The Morgan fingerprint density at radius 2 is 2.11 bits per heavy atom. The van der Waals surface area contributed by atoms with Crippen molar-refractivity contribution in [2.45, 2.75) is 77.5 Å². The van der Waals surface area contributed by atoms with E-state index in [9.17, 15) is 14.4 Å². The van der Waals surface area contributed by atoms with Gasteiger partial charge in [0, 0.05) is 44.3 Å². The Kier molecular flexibility index (Phi) is 9.11. The number of carbonyl (C=O) groups excluding carboxylic acids is 1. The zero-order chi connectivity index (χ0) is 26.4. The number of guanidine groups is 1. The number of pyridine rings is 1. The maximum absolute atomic E-state index is 13.5. The molecule has 4 rings (SSSR count). The van der Waals surface area contributed by atoms with Gasteiger partial charge in [0.05, 0.1) is 11.3 Å². The third-order valence-corrected chi connectivity index (χ3v) is 8.01. The molecule has 2 fully saturated rings. The van der Waals surface area contributed by atoms with Crippen LogP contribution in [0.25, 0.3) is 0 Å². The van der Waals surface area contributed by atoms with Crippen LogP contribution in [0.5, 0.6) is 0 Å². The van der Waals surface area contributed by atoms with Crippen molar-refractivity contribution in [3.05, 3.63) is 51.2 Å². The minimum atomic E-state index is -0.563. The first-order valence-corrected chi connectivity index (χ1v) is 14.0. The number of likely N-dealkylation sites (tertiary alicyclic amines) is 1. The lowest BCUT2D eigenvalue weighted by Gasteiger charge is -2.41. The van der Waals surface area contributed by atoms with Crippen LogP contribution >= 0.6 is 11.3 Å². The largest absolute Gasteiger partial charge is 0.353 e. The van der Waals surface area contributed by atoms with Crippen LogP contribution in [0.1, 0.15) is 66.2 Å². The average Bonchev–Trinajstić information content (AvgIpc) is 3.53. The van der Waals surface area contributed by atoms with Gasteiger partial charge in [-0.3, -0.25) is 4.79 Å². The molecular weight excluding hydrogens is 489 g/mol. The Balaban J connectivity index is 1.30. The molecule has 8 nitrogen and oxygen atoms in total. The quantitative estimate of drug-likeness (QED) is 0.223. The van der Waals surface area contributed by atoms with Crippen LogP contribution < -0.4 is 10.6 Å². The van der Waals surface area contributed by atoms with Gasteiger partial charge >= 0.3 is 0 Å². The van der Waals surface area contributed by atoms with E-state index in [0.717, 1.165) is 51.7 Å². The Morgan fingerprint density at radius 1 is 1.35 bits per heavy atom. The van der Waals surface area contributed by atoms with Gasteiger partial charge in [-0.15, -0.1) is 4.99 Å². The van der Waals surface area contributed by atoms with Crippen LogP contribution in [-0.2, 0) is 6.54 Å². The highest BCUT2D eigenvalue weighted by Gasteiger charge is 2.32. The number of halogens is 1. The van der Waals surface area contributed by atoms with Gasteiger partial charge in [0.15, 0.2) is 0 Å². The summed E-state index contributed by atoms with van der Waals surface area (Å²) in [6, 6.07) is 4.47. The minimum absolute atomic E-state index is 0.204.